The molecule has 1 saturated carbocycles. The Kier molecular flexibility index (Phi) is 3.12. The smallest absolute Gasteiger partial charge is 0.308 e. The van der Waals surface area contributed by atoms with Gasteiger partial charge in [0.1, 0.15) is 0 Å². The van der Waals surface area contributed by atoms with Crippen LogP contribution >= 0.6 is 0 Å². The first-order valence-corrected chi connectivity index (χ1v) is 6.21. The Labute approximate surface area is 101 Å². The molecule has 0 aromatic carbocycles. The lowest BCUT2D eigenvalue weighted by Crippen LogP contribution is -2.50. The summed E-state index contributed by atoms with van der Waals surface area (Å²) in [4.78, 5) is 24.7. The maximum Gasteiger partial charge on any atom is 0.308 e. The molecule has 96 valence electrons. The van der Waals surface area contributed by atoms with Crippen LogP contribution in [0.25, 0.3) is 0 Å². The summed E-state index contributed by atoms with van der Waals surface area (Å²) in [6, 6.07) is 0. The molecule has 1 saturated heterocycles. The Bertz CT molecular complexity index is 339. The second-order valence-electron chi connectivity index (χ2n) is 5.61. The second-order valence-corrected chi connectivity index (χ2v) is 5.61. The van der Waals surface area contributed by atoms with Crippen LogP contribution in [0, 0.1) is 11.8 Å². The number of hydrogen-bond donors (Lipinski definition) is 2. The number of hydrogen-bond acceptors (Lipinski definition) is 3. The lowest BCUT2D eigenvalue weighted by atomic mass is 9.75. The molecule has 1 aliphatic heterocycles. The fourth-order valence-corrected chi connectivity index (χ4v) is 2.71. The average molecular weight is 240 g/mol. The van der Waals surface area contributed by atoms with Gasteiger partial charge in [-0.3, -0.25) is 9.59 Å². The summed E-state index contributed by atoms with van der Waals surface area (Å²) in [5, 5.41) is 9.01. The van der Waals surface area contributed by atoms with Gasteiger partial charge in [-0.05, 0) is 25.2 Å². The van der Waals surface area contributed by atoms with Gasteiger partial charge in [0.15, 0.2) is 0 Å². The van der Waals surface area contributed by atoms with Gasteiger partial charge in [-0.2, -0.15) is 0 Å². The van der Waals surface area contributed by atoms with Gasteiger partial charge in [0, 0.05) is 25.0 Å². The van der Waals surface area contributed by atoms with E-state index in [2.05, 4.69) is 0 Å². The monoisotopic (exact) mass is 240 g/mol. The van der Waals surface area contributed by atoms with Crippen molar-refractivity contribution in [1.82, 2.24) is 4.90 Å². The van der Waals surface area contributed by atoms with Crippen LogP contribution in [0.1, 0.15) is 32.6 Å². The van der Waals surface area contributed by atoms with E-state index < -0.39 is 11.9 Å². The molecule has 2 aliphatic rings. The summed E-state index contributed by atoms with van der Waals surface area (Å²) in [5.41, 5.74) is 5.72. The predicted octanol–water partition coefficient (Wildman–Crippen LogP) is 0.437. The number of nitrogens with zero attached hydrogens (tertiary/aromatic N) is 1. The van der Waals surface area contributed by atoms with Crippen molar-refractivity contribution in [1.29, 1.82) is 0 Å². The third-order valence-electron chi connectivity index (χ3n) is 4.13. The van der Waals surface area contributed by atoms with Crippen molar-refractivity contribution in [3.8, 4) is 0 Å². The first-order chi connectivity index (χ1) is 7.91. The lowest BCUT2D eigenvalue weighted by Gasteiger charge is -2.38. The highest BCUT2D eigenvalue weighted by atomic mass is 16.4. The topological polar surface area (TPSA) is 83.6 Å². The lowest BCUT2D eigenvalue weighted by molar-refractivity contribution is -0.142. The number of aliphatic carboxylic acids is 1. The van der Waals surface area contributed by atoms with Crippen molar-refractivity contribution in [3.05, 3.63) is 0 Å². The summed E-state index contributed by atoms with van der Waals surface area (Å²) in [7, 11) is 0. The van der Waals surface area contributed by atoms with Crippen molar-refractivity contribution >= 4 is 11.9 Å². The van der Waals surface area contributed by atoms with E-state index in [0.717, 1.165) is 19.3 Å². The number of amides is 1. The largest absolute Gasteiger partial charge is 0.481 e. The van der Waals surface area contributed by atoms with E-state index in [9.17, 15) is 9.59 Å². The van der Waals surface area contributed by atoms with Crippen LogP contribution < -0.4 is 5.73 Å². The number of carbonyl (C=O) groups is 2. The van der Waals surface area contributed by atoms with E-state index in [4.69, 9.17) is 10.8 Å². The van der Waals surface area contributed by atoms with Gasteiger partial charge >= 0.3 is 5.97 Å². The third-order valence-corrected chi connectivity index (χ3v) is 4.13. The van der Waals surface area contributed by atoms with E-state index in [-0.39, 0.29) is 17.4 Å². The molecule has 2 fully saturated rings. The molecule has 2 atom stereocenters. The zero-order valence-electron chi connectivity index (χ0n) is 10.2. The SMILES string of the molecule is C[C@@H]1CN(C(=O)CC2(N)CCC2)C[C@H]1C(=O)O. The van der Waals surface area contributed by atoms with Crippen molar-refractivity contribution in [2.24, 2.45) is 17.6 Å². The van der Waals surface area contributed by atoms with Crippen LogP contribution in [0.15, 0.2) is 0 Å². The molecule has 1 aliphatic carbocycles. The molecule has 0 radical (unpaired) electrons. The van der Waals surface area contributed by atoms with Gasteiger partial charge in [-0.1, -0.05) is 6.92 Å². The van der Waals surface area contributed by atoms with Gasteiger partial charge in [-0.15, -0.1) is 0 Å². The fourth-order valence-electron chi connectivity index (χ4n) is 2.71. The van der Waals surface area contributed by atoms with Crippen molar-refractivity contribution < 1.29 is 14.7 Å². The van der Waals surface area contributed by atoms with Crippen molar-refractivity contribution in [3.63, 3.8) is 0 Å². The quantitative estimate of drug-likeness (QED) is 0.749. The molecule has 1 heterocycles. The standard InChI is InChI=1S/C12H20N2O3/c1-8-6-14(7-9(8)11(16)17)10(15)5-12(13)3-2-4-12/h8-9H,2-7,13H2,1H3,(H,16,17)/t8-,9-/m1/s1. The minimum Gasteiger partial charge on any atom is -0.481 e. The van der Waals surface area contributed by atoms with E-state index in [0.29, 0.717) is 19.5 Å². The Morgan fingerprint density at radius 3 is 2.47 bits per heavy atom. The van der Waals surface area contributed by atoms with Gasteiger partial charge in [0.25, 0.3) is 0 Å². The Hall–Kier alpha value is -1.10. The maximum atomic E-state index is 12.0. The summed E-state index contributed by atoms with van der Waals surface area (Å²) < 4.78 is 0. The Balaban J connectivity index is 1.91. The van der Waals surface area contributed by atoms with Gasteiger partial charge < -0.3 is 15.7 Å². The van der Waals surface area contributed by atoms with Crippen LogP contribution in [-0.2, 0) is 9.59 Å². The molecule has 1 amide bonds. The highest BCUT2D eigenvalue weighted by molar-refractivity contribution is 5.80. The van der Waals surface area contributed by atoms with E-state index >= 15 is 0 Å². The van der Waals surface area contributed by atoms with Crippen LogP contribution in [0.2, 0.25) is 0 Å². The van der Waals surface area contributed by atoms with Crippen molar-refractivity contribution in [2.75, 3.05) is 13.1 Å². The number of likely N-dealkylation sites (tertiary alicyclic amines) is 1. The number of carbonyl (C=O) groups excluding carboxylic acids is 1. The van der Waals surface area contributed by atoms with Gasteiger partial charge in [0.05, 0.1) is 5.92 Å². The molecule has 0 aromatic heterocycles. The molecule has 17 heavy (non-hydrogen) atoms. The molecule has 0 aromatic rings. The molecule has 0 unspecified atom stereocenters. The molecular formula is C12H20N2O3. The minimum atomic E-state index is -0.807. The van der Waals surface area contributed by atoms with Gasteiger partial charge in [0.2, 0.25) is 5.91 Å². The zero-order chi connectivity index (χ0) is 12.6. The van der Waals surface area contributed by atoms with Gasteiger partial charge in [-0.25, -0.2) is 0 Å². The maximum absolute atomic E-state index is 12.0. The molecule has 0 spiro atoms. The Morgan fingerprint density at radius 1 is 1.41 bits per heavy atom. The molecule has 2 rings (SSSR count). The van der Waals surface area contributed by atoms with Crippen LogP contribution in [-0.4, -0.2) is 40.5 Å². The fraction of sp³-hybridized carbons (Fsp3) is 0.833. The van der Waals surface area contributed by atoms with E-state index in [1.54, 1.807) is 4.90 Å². The number of nitrogens with two attached hydrogens (primary N) is 1. The van der Waals surface area contributed by atoms with Crippen LogP contribution in [0.4, 0.5) is 0 Å². The van der Waals surface area contributed by atoms with E-state index in [1.807, 2.05) is 6.92 Å². The van der Waals surface area contributed by atoms with Crippen LogP contribution in [0.5, 0.6) is 0 Å². The molecule has 0 bridgehead atoms. The second kappa shape index (κ2) is 4.29. The predicted molar refractivity (Wildman–Crippen MR) is 62.3 cm³/mol. The minimum absolute atomic E-state index is 0.0165. The van der Waals surface area contributed by atoms with Crippen LogP contribution in [0.3, 0.4) is 0 Å². The summed E-state index contributed by atoms with van der Waals surface area (Å²) >= 11 is 0. The summed E-state index contributed by atoms with van der Waals surface area (Å²) in [6.07, 6.45) is 3.28. The average Bonchev–Trinajstić information content (AvgIpc) is 2.58. The summed E-state index contributed by atoms with van der Waals surface area (Å²) in [6.45, 7) is 2.77. The van der Waals surface area contributed by atoms with E-state index in [1.165, 1.54) is 0 Å². The highest BCUT2D eigenvalue weighted by Gasteiger charge is 2.40. The third kappa shape index (κ3) is 2.44. The molecular weight excluding hydrogens is 220 g/mol. The highest BCUT2D eigenvalue weighted by Crippen LogP contribution is 2.33. The number of carboxylic acid groups (broad SMARTS) is 1. The first kappa shape index (κ1) is 12.4. The molecule has 3 N–H and O–H groups in total. The number of carboxylic acids is 1. The molecule has 5 nitrogen and oxygen atoms in total. The summed E-state index contributed by atoms with van der Waals surface area (Å²) in [5.74, 6) is -1.18. The van der Waals surface area contributed by atoms with Crippen molar-refractivity contribution in [2.45, 2.75) is 38.1 Å². The first-order valence-electron chi connectivity index (χ1n) is 6.21. The normalized spacial score (nSPS) is 31.1. The number of rotatable bonds is 3. The Morgan fingerprint density at radius 2 is 2.06 bits per heavy atom. The molecule has 5 heteroatoms. The zero-order valence-corrected chi connectivity index (χ0v) is 10.2.